The maximum Gasteiger partial charge on any atom is 0.303 e. The fraction of sp³-hybridized carbons (Fsp3) is 0.867. The molecule has 1 fully saturated rings. The molecule has 1 heterocycles. The highest BCUT2D eigenvalue weighted by atomic mass is 16.4. The van der Waals surface area contributed by atoms with Gasteiger partial charge in [0.15, 0.2) is 0 Å². The molecule has 0 aromatic rings. The van der Waals surface area contributed by atoms with Crippen molar-refractivity contribution in [2.24, 2.45) is 5.41 Å². The molecule has 0 aromatic carbocycles. The van der Waals surface area contributed by atoms with Crippen LogP contribution in [0.25, 0.3) is 0 Å². The molecule has 5 heteroatoms. The number of amides is 1. The third-order valence-corrected chi connectivity index (χ3v) is 4.19. The van der Waals surface area contributed by atoms with E-state index in [4.69, 9.17) is 5.11 Å². The molecule has 1 amide bonds. The van der Waals surface area contributed by atoms with Crippen LogP contribution in [-0.2, 0) is 9.59 Å². The summed E-state index contributed by atoms with van der Waals surface area (Å²) in [7, 11) is 0. The van der Waals surface area contributed by atoms with E-state index in [0.717, 1.165) is 38.8 Å². The van der Waals surface area contributed by atoms with Crippen LogP contribution in [0, 0.1) is 5.41 Å². The van der Waals surface area contributed by atoms with Gasteiger partial charge in [0.2, 0.25) is 5.91 Å². The van der Waals surface area contributed by atoms with Gasteiger partial charge in [-0.2, -0.15) is 0 Å². The smallest absolute Gasteiger partial charge is 0.303 e. The molecule has 116 valence electrons. The Hall–Kier alpha value is -1.10. The Morgan fingerprint density at radius 3 is 2.40 bits per heavy atom. The first kappa shape index (κ1) is 17.0. The lowest BCUT2D eigenvalue weighted by Gasteiger charge is -2.39. The van der Waals surface area contributed by atoms with Crippen LogP contribution in [0.5, 0.6) is 0 Å². The summed E-state index contributed by atoms with van der Waals surface area (Å²) in [4.78, 5) is 23.4. The zero-order valence-electron chi connectivity index (χ0n) is 12.9. The average Bonchev–Trinajstić information content (AvgIpc) is 2.37. The maximum absolute atomic E-state index is 12.7. The van der Waals surface area contributed by atoms with E-state index in [1.807, 2.05) is 13.8 Å². The topological polar surface area (TPSA) is 78.4 Å². The summed E-state index contributed by atoms with van der Waals surface area (Å²) in [5, 5.41) is 15.1. The molecule has 20 heavy (non-hydrogen) atoms. The Morgan fingerprint density at radius 1 is 1.30 bits per heavy atom. The molecule has 1 aliphatic heterocycles. The first-order chi connectivity index (χ1) is 9.31. The second-order valence-corrected chi connectivity index (χ2v) is 6.51. The van der Waals surface area contributed by atoms with Gasteiger partial charge in [-0.1, -0.05) is 13.3 Å². The van der Waals surface area contributed by atoms with Gasteiger partial charge < -0.3 is 15.7 Å². The van der Waals surface area contributed by atoms with Crippen LogP contribution in [0.4, 0.5) is 0 Å². The van der Waals surface area contributed by atoms with Gasteiger partial charge in [-0.15, -0.1) is 0 Å². The highest BCUT2D eigenvalue weighted by Crippen LogP contribution is 2.35. The van der Waals surface area contributed by atoms with E-state index in [0.29, 0.717) is 6.42 Å². The van der Waals surface area contributed by atoms with Crippen molar-refractivity contribution in [1.29, 1.82) is 0 Å². The van der Waals surface area contributed by atoms with Crippen LogP contribution in [0.2, 0.25) is 0 Å². The van der Waals surface area contributed by atoms with E-state index in [2.05, 4.69) is 17.6 Å². The Bertz CT molecular complexity index is 342. The number of carboxylic acid groups (broad SMARTS) is 1. The molecule has 0 bridgehead atoms. The van der Waals surface area contributed by atoms with Crippen molar-refractivity contribution in [2.75, 3.05) is 13.1 Å². The van der Waals surface area contributed by atoms with Crippen molar-refractivity contribution >= 4 is 11.9 Å². The van der Waals surface area contributed by atoms with Gasteiger partial charge in [-0.05, 0) is 52.6 Å². The van der Waals surface area contributed by atoms with Crippen LogP contribution in [0.15, 0.2) is 0 Å². The summed E-state index contributed by atoms with van der Waals surface area (Å²) in [6, 6.07) is 0. The maximum atomic E-state index is 12.7. The van der Waals surface area contributed by atoms with E-state index in [1.165, 1.54) is 0 Å². The number of aliphatic carboxylic acids is 1. The van der Waals surface area contributed by atoms with E-state index in [9.17, 15) is 9.59 Å². The number of carboxylic acids is 1. The van der Waals surface area contributed by atoms with Gasteiger partial charge in [0, 0.05) is 12.0 Å². The molecule has 5 nitrogen and oxygen atoms in total. The predicted octanol–water partition coefficient (Wildman–Crippen LogP) is 1.92. The van der Waals surface area contributed by atoms with Gasteiger partial charge >= 0.3 is 5.97 Å². The molecule has 3 N–H and O–H groups in total. The van der Waals surface area contributed by atoms with E-state index in [1.54, 1.807) is 0 Å². The standard InChI is InChI=1S/C15H28N2O3/c1-4-6-15(8-10-16-11-9-15)13(20)17-14(2,3)7-5-12(18)19/h16H,4-11H2,1-3H3,(H,17,20)(H,18,19). The van der Waals surface area contributed by atoms with Crippen molar-refractivity contribution in [3.8, 4) is 0 Å². The average molecular weight is 284 g/mol. The molecule has 0 aromatic heterocycles. The van der Waals surface area contributed by atoms with Gasteiger partial charge in [0.25, 0.3) is 0 Å². The van der Waals surface area contributed by atoms with Crippen LogP contribution < -0.4 is 10.6 Å². The summed E-state index contributed by atoms with van der Waals surface area (Å²) in [6.07, 6.45) is 4.14. The molecular weight excluding hydrogens is 256 g/mol. The van der Waals surface area contributed by atoms with Crippen LogP contribution >= 0.6 is 0 Å². The fourth-order valence-electron chi connectivity index (χ4n) is 2.90. The van der Waals surface area contributed by atoms with Gasteiger partial charge in [-0.3, -0.25) is 9.59 Å². The zero-order chi connectivity index (χ0) is 15.2. The number of hydrogen-bond acceptors (Lipinski definition) is 3. The highest BCUT2D eigenvalue weighted by molar-refractivity contribution is 5.83. The second kappa shape index (κ2) is 7.07. The first-order valence-electron chi connectivity index (χ1n) is 7.56. The highest BCUT2D eigenvalue weighted by Gasteiger charge is 2.40. The molecule has 1 aliphatic rings. The number of hydrogen-bond donors (Lipinski definition) is 3. The SMILES string of the molecule is CCCC1(C(=O)NC(C)(C)CCC(=O)O)CCNCC1. The quantitative estimate of drug-likeness (QED) is 0.667. The molecule has 0 unspecified atom stereocenters. The third kappa shape index (κ3) is 4.78. The number of carbonyl (C=O) groups is 2. The van der Waals surface area contributed by atoms with E-state index in [-0.39, 0.29) is 17.7 Å². The number of nitrogens with one attached hydrogen (secondary N) is 2. The summed E-state index contributed by atoms with van der Waals surface area (Å²) in [6.45, 7) is 7.65. The molecule has 0 saturated carbocycles. The van der Waals surface area contributed by atoms with Crippen LogP contribution in [-0.4, -0.2) is 35.6 Å². The minimum atomic E-state index is -0.822. The minimum Gasteiger partial charge on any atom is -0.481 e. The summed E-state index contributed by atoms with van der Waals surface area (Å²) in [5.41, 5.74) is -0.748. The number of rotatable bonds is 7. The monoisotopic (exact) mass is 284 g/mol. The summed E-state index contributed by atoms with van der Waals surface area (Å²) >= 11 is 0. The van der Waals surface area contributed by atoms with Crippen molar-refractivity contribution in [2.45, 2.75) is 64.8 Å². The summed E-state index contributed by atoms with van der Waals surface area (Å²) < 4.78 is 0. The Kier molecular flexibility index (Phi) is 5.99. The lowest BCUT2D eigenvalue weighted by Crippen LogP contribution is -2.53. The summed E-state index contributed by atoms with van der Waals surface area (Å²) in [5.74, 6) is -0.728. The molecule has 1 rings (SSSR count). The Morgan fingerprint density at radius 2 is 1.90 bits per heavy atom. The predicted molar refractivity (Wildman–Crippen MR) is 78.5 cm³/mol. The fourth-order valence-corrected chi connectivity index (χ4v) is 2.90. The molecule has 0 aliphatic carbocycles. The molecule has 0 atom stereocenters. The normalized spacial score (nSPS) is 18.6. The lowest BCUT2D eigenvalue weighted by molar-refractivity contribution is -0.139. The van der Waals surface area contributed by atoms with Crippen molar-refractivity contribution in [3.63, 3.8) is 0 Å². The van der Waals surface area contributed by atoms with Gasteiger partial charge in [0.1, 0.15) is 0 Å². The largest absolute Gasteiger partial charge is 0.481 e. The number of piperidine rings is 1. The van der Waals surface area contributed by atoms with E-state index < -0.39 is 11.5 Å². The van der Waals surface area contributed by atoms with Crippen LogP contribution in [0.3, 0.4) is 0 Å². The molecule has 1 saturated heterocycles. The molecule has 0 radical (unpaired) electrons. The minimum absolute atomic E-state index is 0.0790. The van der Waals surface area contributed by atoms with Crippen molar-refractivity contribution < 1.29 is 14.7 Å². The second-order valence-electron chi connectivity index (χ2n) is 6.51. The van der Waals surface area contributed by atoms with E-state index >= 15 is 0 Å². The lowest BCUT2D eigenvalue weighted by atomic mass is 9.74. The van der Waals surface area contributed by atoms with Crippen molar-refractivity contribution in [1.82, 2.24) is 10.6 Å². The van der Waals surface area contributed by atoms with Crippen molar-refractivity contribution in [3.05, 3.63) is 0 Å². The molecular formula is C15H28N2O3. The first-order valence-corrected chi connectivity index (χ1v) is 7.56. The third-order valence-electron chi connectivity index (χ3n) is 4.19. The number of carbonyl (C=O) groups excluding carboxylic acids is 1. The van der Waals surface area contributed by atoms with Gasteiger partial charge in [-0.25, -0.2) is 0 Å². The Balaban J connectivity index is 2.67. The van der Waals surface area contributed by atoms with Crippen LogP contribution in [0.1, 0.15) is 59.3 Å². The molecule has 0 spiro atoms. The van der Waals surface area contributed by atoms with Gasteiger partial charge in [0.05, 0.1) is 5.41 Å². The zero-order valence-corrected chi connectivity index (χ0v) is 12.9. The Labute approximate surface area is 121 Å².